The Morgan fingerprint density at radius 1 is 1.53 bits per heavy atom. The first kappa shape index (κ1) is 16.0. The van der Waals surface area contributed by atoms with Crippen LogP contribution in [0.2, 0.25) is 0 Å². The zero-order valence-corrected chi connectivity index (χ0v) is 13.3. The van der Waals surface area contributed by atoms with Gasteiger partial charge in [0.2, 0.25) is 0 Å². The number of carboxylic acids is 1. The lowest BCUT2D eigenvalue weighted by Crippen LogP contribution is -2.35. The van der Waals surface area contributed by atoms with E-state index in [0.29, 0.717) is 0 Å². The highest BCUT2D eigenvalue weighted by Gasteiger charge is 2.23. The van der Waals surface area contributed by atoms with Crippen LogP contribution in [0.3, 0.4) is 0 Å². The quantitative estimate of drug-likeness (QED) is 0.871. The highest BCUT2D eigenvalue weighted by atomic mass is 79.9. The van der Waals surface area contributed by atoms with Crippen molar-refractivity contribution in [1.29, 1.82) is 0 Å². The summed E-state index contributed by atoms with van der Waals surface area (Å²) in [5, 5.41) is 13.3. The van der Waals surface area contributed by atoms with E-state index in [0.717, 1.165) is 9.35 Å². The van der Waals surface area contributed by atoms with Gasteiger partial charge in [-0.15, -0.1) is 11.3 Å². The van der Waals surface area contributed by atoms with Crippen molar-refractivity contribution in [3.05, 3.63) is 20.8 Å². The molecule has 0 saturated heterocycles. The molecule has 1 aromatic heterocycles. The van der Waals surface area contributed by atoms with Gasteiger partial charge in [-0.1, -0.05) is 0 Å². The zero-order valence-electron chi connectivity index (χ0n) is 10.9. The van der Waals surface area contributed by atoms with Crippen molar-refractivity contribution in [2.24, 2.45) is 0 Å². The monoisotopic (exact) mass is 349 g/mol. The Labute approximate surface area is 124 Å². The molecule has 7 heteroatoms. The number of nitrogens with one attached hydrogen (secondary N) is 1. The number of thiophene rings is 1. The van der Waals surface area contributed by atoms with Gasteiger partial charge in [-0.25, -0.2) is 4.79 Å². The fraction of sp³-hybridized carbons (Fsp3) is 0.500. The molecule has 106 valence electrons. The molecule has 1 aromatic rings. The number of hydrogen-bond acceptors (Lipinski definition) is 4. The minimum Gasteiger partial charge on any atom is -0.481 e. The highest BCUT2D eigenvalue weighted by Crippen LogP contribution is 2.28. The van der Waals surface area contributed by atoms with E-state index in [2.05, 4.69) is 21.2 Å². The Balaban J connectivity index is 2.76. The third-order valence-corrected chi connectivity index (χ3v) is 3.81. The highest BCUT2D eigenvalue weighted by molar-refractivity contribution is 9.10. The number of alkyl carbamates (subject to hydrolysis) is 1. The normalized spacial score (nSPS) is 12.8. The Bertz CT molecular complexity index is 467. The summed E-state index contributed by atoms with van der Waals surface area (Å²) in [5.74, 6) is -0.981. The van der Waals surface area contributed by atoms with Gasteiger partial charge in [0.1, 0.15) is 5.60 Å². The van der Waals surface area contributed by atoms with Crippen molar-refractivity contribution in [2.45, 2.75) is 38.8 Å². The summed E-state index contributed by atoms with van der Waals surface area (Å²) in [6.07, 6.45) is -0.810. The molecule has 2 N–H and O–H groups in total. The van der Waals surface area contributed by atoms with Crippen LogP contribution in [0.1, 0.15) is 38.1 Å². The molecule has 1 rings (SSSR count). The van der Waals surface area contributed by atoms with E-state index in [4.69, 9.17) is 9.84 Å². The van der Waals surface area contributed by atoms with Crippen molar-refractivity contribution in [3.8, 4) is 0 Å². The summed E-state index contributed by atoms with van der Waals surface area (Å²) < 4.78 is 5.98. The third-order valence-electron chi connectivity index (χ3n) is 2.00. The molecule has 0 fully saturated rings. The minimum absolute atomic E-state index is 0.188. The largest absolute Gasteiger partial charge is 0.481 e. The number of carbonyl (C=O) groups is 2. The first-order chi connectivity index (χ1) is 8.67. The molecule has 5 nitrogen and oxygen atoms in total. The van der Waals surface area contributed by atoms with Gasteiger partial charge >= 0.3 is 12.1 Å². The lowest BCUT2D eigenvalue weighted by atomic mass is 10.1. The molecule has 19 heavy (non-hydrogen) atoms. The van der Waals surface area contributed by atoms with Gasteiger partial charge < -0.3 is 15.2 Å². The van der Waals surface area contributed by atoms with Crippen LogP contribution in [0.5, 0.6) is 0 Å². The molecule has 1 amide bonds. The fourth-order valence-electron chi connectivity index (χ4n) is 1.36. The molecule has 0 unspecified atom stereocenters. The van der Waals surface area contributed by atoms with E-state index in [1.807, 2.05) is 5.38 Å². The SMILES string of the molecule is CC(C)(C)OC(=O)N[C@@H](CC(=O)O)c1cc(Br)cs1. The standard InChI is InChI=1S/C12H16BrNO4S/c1-12(2,3)18-11(17)14-8(5-10(15)16)9-4-7(13)6-19-9/h4,6,8H,5H2,1-3H3,(H,14,17)(H,15,16)/t8-/m0/s1. The maximum atomic E-state index is 11.7. The second-order valence-electron chi connectivity index (χ2n) is 4.96. The summed E-state index contributed by atoms with van der Waals surface area (Å²) in [7, 11) is 0. The van der Waals surface area contributed by atoms with E-state index in [-0.39, 0.29) is 6.42 Å². The third kappa shape index (κ3) is 6.07. The minimum atomic E-state index is -0.981. The topological polar surface area (TPSA) is 75.6 Å². The van der Waals surface area contributed by atoms with Gasteiger partial charge in [-0.05, 0) is 42.8 Å². The van der Waals surface area contributed by atoms with Gasteiger partial charge in [-0.3, -0.25) is 4.79 Å². The van der Waals surface area contributed by atoms with Crippen LogP contribution in [0.4, 0.5) is 4.79 Å². The number of amides is 1. The number of carbonyl (C=O) groups excluding carboxylic acids is 1. The number of carboxylic acid groups (broad SMARTS) is 1. The summed E-state index contributed by atoms with van der Waals surface area (Å²) in [6.45, 7) is 5.25. The van der Waals surface area contributed by atoms with E-state index < -0.39 is 23.7 Å². The second kappa shape index (κ2) is 6.38. The molecule has 1 heterocycles. The smallest absolute Gasteiger partial charge is 0.408 e. The van der Waals surface area contributed by atoms with E-state index in [1.54, 1.807) is 26.8 Å². The van der Waals surface area contributed by atoms with E-state index in [9.17, 15) is 9.59 Å². The van der Waals surface area contributed by atoms with Gasteiger partial charge in [-0.2, -0.15) is 0 Å². The van der Waals surface area contributed by atoms with Crippen molar-refractivity contribution < 1.29 is 19.4 Å². The summed E-state index contributed by atoms with van der Waals surface area (Å²) >= 11 is 4.68. The molecule has 0 aliphatic rings. The first-order valence-corrected chi connectivity index (χ1v) is 7.30. The van der Waals surface area contributed by atoms with Gasteiger partial charge in [0.25, 0.3) is 0 Å². The Morgan fingerprint density at radius 3 is 2.58 bits per heavy atom. The molecule has 0 aliphatic heterocycles. The number of ether oxygens (including phenoxy) is 1. The van der Waals surface area contributed by atoms with Crippen LogP contribution < -0.4 is 5.32 Å². The lowest BCUT2D eigenvalue weighted by Gasteiger charge is -2.22. The molecule has 0 saturated carbocycles. The van der Waals surface area contributed by atoms with Gasteiger partial charge in [0.05, 0.1) is 12.5 Å². The number of hydrogen-bond donors (Lipinski definition) is 2. The Morgan fingerprint density at radius 2 is 2.16 bits per heavy atom. The van der Waals surface area contributed by atoms with Crippen molar-refractivity contribution in [1.82, 2.24) is 5.32 Å². The zero-order chi connectivity index (χ0) is 14.6. The van der Waals surface area contributed by atoms with Crippen LogP contribution in [0.25, 0.3) is 0 Å². The van der Waals surface area contributed by atoms with Gasteiger partial charge in [0, 0.05) is 14.7 Å². The number of halogens is 1. The average molecular weight is 350 g/mol. The van der Waals surface area contributed by atoms with Crippen molar-refractivity contribution in [3.63, 3.8) is 0 Å². The van der Waals surface area contributed by atoms with Crippen LogP contribution in [-0.2, 0) is 9.53 Å². The number of rotatable bonds is 4. The van der Waals surface area contributed by atoms with Crippen LogP contribution >= 0.6 is 27.3 Å². The van der Waals surface area contributed by atoms with Crippen molar-refractivity contribution >= 4 is 39.3 Å². The van der Waals surface area contributed by atoms with E-state index in [1.165, 1.54) is 11.3 Å². The maximum Gasteiger partial charge on any atom is 0.408 e. The molecule has 0 spiro atoms. The first-order valence-electron chi connectivity index (χ1n) is 5.62. The van der Waals surface area contributed by atoms with Crippen molar-refractivity contribution in [2.75, 3.05) is 0 Å². The molecule has 0 aromatic carbocycles. The van der Waals surface area contributed by atoms with Crippen LogP contribution in [0.15, 0.2) is 15.9 Å². The second-order valence-corrected chi connectivity index (χ2v) is 6.82. The Hall–Kier alpha value is -1.08. The maximum absolute atomic E-state index is 11.7. The molecule has 1 atom stereocenters. The molecule has 0 aliphatic carbocycles. The summed E-state index contributed by atoms with van der Waals surface area (Å²) in [5.41, 5.74) is -0.617. The predicted molar refractivity (Wildman–Crippen MR) is 76.4 cm³/mol. The molecule has 0 radical (unpaired) electrons. The molecule has 0 bridgehead atoms. The van der Waals surface area contributed by atoms with E-state index >= 15 is 0 Å². The average Bonchev–Trinajstić information content (AvgIpc) is 2.60. The van der Waals surface area contributed by atoms with Gasteiger partial charge in [0.15, 0.2) is 0 Å². The predicted octanol–water partition coefficient (Wildman–Crippen LogP) is 3.55. The number of aliphatic carboxylic acids is 1. The summed E-state index contributed by atoms with van der Waals surface area (Å²) in [6, 6.07) is 1.19. The Kier molecular flexibility index (Phi) is 5.37. The molecular weight excluding hydrogens is 334 g/mol. The lowest BCUT2D eigenvalue weighted by molar-refractivity contribution is -0.137. The molecular formula is C12H16BrNO4S. The van der Waals surface area contributed by atoms with Crippen LogP contribution in [-0.4, -0.2) is 22.8 Å². The van der Waals surface area contributed by atoms with Crippen LogP contribution in [0, 0.1) is 0 Å². The summed E-state index contributed by atoms with van der Waals surface area (Å²) in [4.78, 5) is 23.3. The fourth-order valence-corrected chi connectivity index (χ4v) is 2.85.